The molecular formula is C23H27N3O3. The molecule has 1 fully saturated rings. The smallest absolute Gasteiger partial charge is 0.265 e. The maximum absolute atomic E-state index is 12.5. The molecule has 1 saturated heterocycles. The molecule has 0 aliphatic carbocycles. The van der Waals surface area contributed by atoms with Crippen LogP contribution in [0.1, 0.15) is 34.3 Å². The second kappa shape index (κ2) is 8.66. The lowest BCUT2D eigenvalue weighted by Gasteiger charge is -2.29. The van der Waals surface area contributed by atoms with Crippen LogP contribution in [0.25, 0.3) is 0 Å². The Morgan fingerprint density at radius 1 is 1.14 bits per heavy atom. The van der Waals surface area contributed by atoms with Crippen molar-refractivity contribution >= 4 is 17.5 Å². The van der Waals surface area contributed by atoms with E-state index in [4.69, 9.17) is 4.74 Å². The molecular weight excluding hydrogens is 366 g/mol. The molecule has 0 unspecified atom stereocenters. The maximum atomic E-state index is 12.5. The predicted molar refractivity (Wildman–Crippen MR) is 112 cm³/mol. The molecule has 0 atom stereocenters. The summed E-state index contributed by atoms with van der Waals surface area (Å²) in [4.78, 5) is 29.1. The van der Waals surface area contributed by atoms with E-state index in [0.29, 0.717) is 24.4 Å². The van der Waals surface area contributed by atoms with Gasteiger partial charge in [0.05, 0.1) is 12.2 Å². The lowest BCUT2D eigenvalue weighted by Crippen LogP contribution is -2.38. The number of nitrogens with zero attached hydrogens (tertiary/aromatic N) is 2. The van der Waals surface area contributed by atoms with E-state index in [0.717, 1.165) is 36.4 Å². The van der Waals surface area contributed by atoms with Crippen LogP contribution < -0.4 is 15.0 Å². The van der Waals surface area contributed by atoms with Crippen LogP contribution in [-0.2, 0) is 11.3 Å². The topological polar surface area (TPSA) is 61.9 Å². The Morgan fingerprint density at radius 3 is 2.79 bits per heavy atom. The van der Waals surface area contributed by atoms with Gasteiger partial charge in [-0.2, -0.15) is 0 Å². The van der Waals surface area contributed by atoms with Crippen molar-refractivity contribution in [2.24, 2.45) is 0 Å². The maximum Gasteiger partial charge on any atom is 0.265 e. The molecule has 152 valence electrons. The number of amides is 2. The summed E-state index contributed by atoms with van der Waals surface area (Å²) in [5, 5.41) is 3.01. The van der Waals surface area contributed by atoms with Gasteiger partial charge in [-0.25, -0.2) is 0 Å². The van der Waals surface area contributed by atoms with Crippen LogP contribution in [0, 0.1) is 6.92 Å². The number of nitrogens with one attached hydrogen (secondary N) is 1. The number of ether oxygens (including phenoxy) is 1. The van der Waals surface area contributed by atoms with Crippen molar-refractivity contribution in [1.29, 1.82) is 0 Å². The van der Waals surface area contributed by atoms with Gasteiger partial charge in [-0.15, -0.1) is 0 Å². The fraction of sp³-hybridized carbons (Fsp3) is 0.391. The lowest BCUT2D eigenvalue weighted by atomic mass is 10.1. The first-order chi connectivity index (χ1) is 14.1. The average molecular weight is 393 g/mol. The zero-order chi connectivity index (χ0) is 20.2. The van der Waals surface area contributed by atoms with Crippen LogP contribution in [-0.4, -0.2) is 49.5 Å². The lowest BCUT2D eigenvalue weighted by molar-refractivity contribution is -0.121. The molecule has 2 heterocycles. The van der Waals surface area contributed by atoms with Gasteiger partial charge < -0.3 is 19.9 Å². The molecule has 0 radical (unpaired) electrons. The Bertz CT molecular complexity index is 906. The minimum atomic E-state index is -0.0800. The minimum Gasteiger partial charge on any atom is -0.482 e. The fourth-order valence-electron chi connectivity index (χ4n) is 3.91. The first kappa shape index (κ1) is 19.5. The molecule has 2 aliphatic rings. The van der Waals surface area contributed by atoms with Crippen molar-refractivity contribution in [3.05, 3.63) is 59.2 Å². The van der Waals surface area contributed by atoms with Gasteiger partial charge >= 0.3 is 0 Å². The van der Waals surface area contributed by atoms with E-state index in [9.17, 15) is 9.59 Å². The number of carbonyl (C=O) groups is 2. The summed E-state index contributed by atoms with van der Waals surface area (Å²) in [5.74, 6) is 0.560. The summed E-state index contributed by atoms with van der Waals surface area (Å²) in [6.07, 6.45) is 2.50. The van der Waals surface area contributed by atoms with Gasteiger partial charge in [0, 0.05) is 18.7 Å². The van der Waals surface area contributed by atoms with Crippen LogP contribution in [0.5, 0.6) is 5.75 Å². The number of carbonyl (C=O) groups excluding carboxylic acids is 2. The first-order valence-electron chi connectivity index (χ1n) is 10.2. The zero-order valence-corrected chi connectivity index (χ0v) is 16.8. The highest BCUT2D eigenvalue weighted by Crippen LogP contribution is 2.33. The van der Waals surface area contributed by atoms with Crippen LogP contribution in [0.3, 0.4) is 0 Å². The van der Waals surface area contributed by atoms with Gasteiger partial charge in [0.2, 0.25) is 0 Å². The molecule has 29 heavy (non-hydrogen) atoms. The largest absolute Gasteiger partial charge is 0.482 e. The molecule has 2 aliphatic heterocycles. The molecule has 6 nitrogen and oxygen atoms in total. The van der Waals surface area contributed by atoms with E-state index >= 15 is 0 Å². The van der Waals surface area contributed by atoms with E-state index < -0.39 is 0 Å². The minimum absolute atomic E-state index is 0.0345. The number of hydrogen-bond donors (Lipinski definition) is 1. The first-order valence-corrected chi connectivity index (χ1v) is 10.2. The predicted octanol–water partition coefficient (Wildman–Crippen LogP) is 2.75. The number of hydrogen-bond acceptors (Lipinski definition) is 4. The van der Waals surface area contributed by atoms with Gasteiger partial charge in [0.1, 0.15) is 5.75 Å². The summed E-state index contributed by atoms with van der Waals surface area (Å²) in [7, 11) is 0. The molecule has 2 aromatic carbocycles. The third-order valence-electron chi connectivity index (χ3n) is 5.50. The highest BCUT2D eigenvalue weighted by Gasteiger charge is 2.25. The Hall–Kier alpha value is -2.86. The van der Waals surface area contributed by atoms with E-state index in [1.54, 1.807) is 4.90 Å². The molecule has 2 amide bonds. The van der Waals surface area contributed by atoms with Crippen molar-refractivity contribution in [1.82, 2.24) is 10.2 Å². The van der Waals surface area contributed by atoms with Crippen LogP contribution in [0.2, 0.25) is 0 Å². The quantitative estimate of drug-likeness (QED) is 0.820. The molecule has 1 N–H and O–H groups in total. The summed E-state index contributed by atoms with van der Waals surface area (Å²) < 4.78 is 5.55. The van der Waals surface area contributed by atoms with Crippen molar-refractivity contribution in [3.63, 3.8) is 0 Å². The van der Waals surface area contributed by atoms with E-state index in [1.165, 1.54) is 12.8 Å². The molecule has 2 aromatic rings. The standard InChI is InChI=1S/C23H27N3O3/c1-17-7-8-21-20(13-17)26(22(27)16-29-21)15-18-5-4-6-19(14-18)23(28)24-9-12-25-10-2-3-11-25/h4-8,13-14H,2-3,9-12,15-16H2,1H3,(H,24,28). The number of aryl methyl sites for hydroxylation is 1. The van der Waals surface area contributed by atoms with E-state index in [1.807, 2.05) is 49.4 Å². The number of anilines is 1. The summed E-state index contributed by atoms with van der Waals surface area (Å²) in [6.45, 7) is 6.23. The molecule has 0 bridgehead atoms. The van der Waals surface area contributed by atoms with Gasteiger partial charge in [-0.05, 0) is 68.2 Å². The second-order valence-electron chi connectivity index (χ2n) is 7.74. The molecule has 4 rings (SSSR count). The molecule has 0 saturated carbocycles. The molecule has 6 heteroatoms. The Labute approximate surface area is 171 Å². The fourth-order valence-corrected chi connectivity index (χ4v) is 3.91. The molecule has 0 aromatic heterocycles. The third-order valence-corrected chi connectivity index (χ3v) is 5.50. The van der Waals surface area contributed by atoms with Gasteiger partial charge in [0.25, 0.3) is 11.8 Å². The number of likely N-dealkylation sites (tertiary alicyclic amines) is 1. The van der Waals surface area contributed by atoms with Crippen molar-refractivity contribution < 1.29 is 14.3 Å². The second-order valence-corrected chi connectivity index (χ2v) is 7.74. The number of rotatable bonds is 6. The molecule has 0 spiro atoms. The van der Waals surface area contributed by atoms with Crippen molar-refractivity contribution in [3.8, 4) is 5.75 Å². The highest BCUT2D eigenvalue weighted by atomic mass is 16.5. The van der Waals surface area contributed by atoms with Gasteiger partial charge in [-0.1, -0.05) is 18.2 Å². The highest BCUT2D eigenvalue weighted by molar-refractivity contribution is 5.98. The third kappa shape index (κ3) is 4.59. The van der Waals surface area contributed by atoms with Crippen LogP contribution >= 0.6 is 0 Å². The Kier molecular flexibility index (Phi) is 5.81. The van der Waals surface area contributed by atoms with Crippen molar-refractivity contribution in [2.45, 2.75) is 26.3 Å². The Balaban J connectivity index is 1.43. The Morgan fingerprint density at radius 2 is 1.97 bits per heavy atom. The van der Waals surface area contributed by atoms with Crippen molar-refractivity contribution in [2.75, 3.05) is 37.7 Å². The summed E-state index contributed by atoms with van der Waals surface area (Å²) >= 11 is 0. The number of benzene rings is 2. The van der Waals surface area contributed by atoms with Crippen LogP contribution in [0.15, 0.2) is 42.5 Å². The number of fused-ring (bicyclic) bond motifs is 1. The summed E-state index contributed by atoms with van der Waals surface area (Å²) in [5.41, 5.74) is 3.38. The monoisotopic (exact) mass is 393 g/mol. The average Bonchev–Trinajstić information content (AvgIpc) is 3.24. The van der Waals surface area contributed by atoms with E-state index in [-0.39, 0.29) is 18.4 Å². The summed E-state index contributed by atoms with van der Waals surface area (Å²) in [6, 6.07) is 13.3. The van der Waals surface area contributed by atoms with Gasteiger partial charge in [-0.3, -0.25) is 9.59 Å². The SMILES string of the molecule is Cc1ccc2c(c1)N(Cc1cccc(C(=O)NCCN3CCCC3)c1)C(=O)CO2. The normalized spacial score (nSPS) is 16.4. The zero-order valence-electron chi connectivity index (χ0n) is 16.8. The van der Waals surface area contributed by atoms with Gasteiger partial charge in [0.15, 0.2) is 6.61 Å². The van der Waals surface area contributed by atoms with E-state index in [2.05, 4.69) is 10.2 Å². The van der Waals surface area contributed by atoms with Crippen LogP contribution in [0.4, 0.5) is 5.69 Å².